The van der Waals surface area contributed by atoms with Gasteiger partial charge in [0, 0.05) is 18.5 Å². The van der Waals surface area contributed by atoms with E-state index in [9.17, 15) is 18.8 Å². The lowest BCUT2D eigenvalue weighted by molar-refractivity contribution is -0.168. The van der Waals surface area contributed by atoms with Crippen LogP contribution < -0.4 is 4.90 Å². The van der Waals surface area contributed by atoms with Crippen LogP contribution in [0.4, 0.5) is 10.1 Å². The standard InChI is InChI=1S/C20H19ClFN3O5S/c1-3-7-24-16(26)17(27)25(19(24)31)14-8-10(12(21)9-13(14)22)15-11-5-4-6-20(11,30-23-15)18(28)29-2/h8-9,11H,3-7H2,1-2H3. The van der Waals surface area contributed by atoms with E-state index in [0.717, 1.165) is 15.9 Å². The number of oxime groups is 1. The zero-order valence-corrected chi connectivity index (χ0v) is 18.4. The predicted octanol–water partition coefficient (Wildman–Crippen LogP) is 2.80. The van der Waals surface area contributed by atoms with E-state index in [-0.39, 0.29) is 22.4 Å². The van der Waals surface area contributed by atoms with Crippen molar-refractivity contribution in [2.24, 2.45) is 11.1 Å². The summed E-state index contributed by atoms with van der Waals surface area (Å²) >= 11 is 11.6. The van der Waals surface area contributed by atoms with Crippen LogP contribution in [0.15, 0.2) is 17.3 Å². The Balaban J connectivity index is 1.75. The van der Waals surface area contributed by atoms with E-state index in [1.54, 1.807) is 0 Å². The van der Waals surface area contributed by atoms with Gasteiger partial charge in [0.05, 0.1) is 29.4 Å². The number of carbonyl (C=O) groups excluding carboxylic acids is 3. The van der Waals surface area contributed by atoms with Crippen molar-refractivity contribution >= 4 is 58.1 Å². The Morgan fingerprint density at radius 3 is 2.84 bits per heavy atom. The van der Waals surface area contributed by atoms with E-state index in [2.05, 4.69) is 5.16 Å². The second-order valence-corrected chi connectivity index (χ2v) is 8.33. The van der Waals surface area contributed by atoms with Crippen molar-refractivity contribution in [3.8, 4) is 0 Å². The molecule has 1 saturated carbocycles. The molecule has 1 aliphatic carbocycles. The minimum Gasteiger partial charge on any atom is -0.466 e. The van der Waals surface area contributed by atoms with Crippen molar-refractivity contribution in [1.29, 1.82) is 0 Å². The number of nitrogens with zero attached hydrogens (tertiary/aromatic N) is 3. The quantitative estimate of drug-likeness (QED) is 0.376. The molecule has 2 heterocycles. The van der Waals surface area contributed by atoms with E-state index in [0.29, 0.717) is 37.0 Å². The number of hydrogen-bond acceptors (Lipinski definition) is 7. The number of rotatable bonds is 5. The third kappa shape index (κ3) is 3.11. The van der Waals surface area contributed by atoms with Gasteiger partial charge in [0.15, 0.2) is 5.11 Å². The van der Waals surface area contributed by atoms with Gasteiger partial charge in [-0.2, -0.15) is 0 Å². The number of hydrogen-bond donors (Lipinski definition) is 0. The molecule has 4 rings (SSSR count). The molecule has 164 valence electrons. The van der Waals surface area contributed by atoms with Crippen LogP contribution in [0.1, 0.15) is 38.2 Å². The fourth-order valence-corrected chi connectivity index (χ4v) is 4.98. The van der Waals surface area contributed by atoms with Crippen molar-refractivity contribution in [2.75, 3.05) is 18.6 Å². The number of carbonyl (C=O) groups is 3. The Kier molecular flexibility index (Phi) is 5.47. The molecule has 11 heteroatoms. The molecule has 2 amide bonds. The van der Waals surface area contributed by atoms with Gasteiger partial charge in [0.1, 0.15) is 5.82 Å². The fourth-order valence-electron chi connectivity index (χ4n) is 4.37. The number of amides is 2. The SMILES string of the molecule is CCCN1C(=O)C(=O)N(c2cc(C3=NOC4(C(=O)OC)CCCC34)c(Cl)cc2F)C1=S. The molecule has 0 aromatic heterocycles. The van der Waals surface area contributed by atoms with Crippen LogP contribution in [0.25, 0.3) is 0 Å². The summed E-state index contributed by atoms with van der Waals surface area (Å²) < 4.78 is 19.8. The van der Waals surface area contributed by atoms with Crippen LogP contribution in [-0.2, 0) is 24.0 Å². The molecule has 0 bridgehead atoms. The topological polar surface area (TPSA) is 88.5 Å². The molecule has 2 fully saturated rings. The van der Waals surface area contributed by atoms with Crippen LogP contribution >= 0.6 is 23.8 Å². The lowest BCUT2D eigenvalue weighted by Gasteiger charge is -2.24. The number of methoxy groups -OCH3 is 1. The summed E-state index contributed by atoms with van der Waals surface area (Å²) in [6.45, 7) is 2.07. The highest BCUT2D eigenvalue weighted by Gasteiger charge is 2.59. The third-order valence-corrected chi connectivity index (χ3v) is 6.54. The van der Waals surface area contributed by atoms with E-state index in [4.69, 9.17) is 33.4 Å². The Morgan fingerprint density at radius 1 is 1.42 bits per heavy atom. The van der Waals surface area contributed by atoms with Crippen molar-refractivity contribution < 1.29 is 28.3 Å². The largest absolute Gasteiger partial charge is 0.466 e. The van der Waals surface area contributed by atoms with Crippen LogP contribution in [0.5, 0.6) is 0 Å². The maximum atomic E-state index is 14.9. The summed E-state index contributed by atoms with van der Waals surface area (Å²) in [5.41, 5.74) is -0.789. The van der Waals surface area contributed by atoms with Gasteiger partial charge in [-0.05, 0) is 43.6 Å². The molecule has 31 heavy (non-hydrogen) atoms. The van der Waals surface area contributed by atoms with Crippen molar-refractivity contribution in [1.82, 2.24) is 4.90 Å². The van der Waals surface area contributed by atoms with Crippen LogP contribution in [0, 0.1) is 11.7 Å². The Hall–Kier alpha value is -2.59. The summed E-state index contributed by atoms with van der Waals surface area (Å²) in [7, 11) is 1.27. The molecular formula is C20H19ClFN3O5S. The van der Waals surface area contributed by atoms with Crippen LogP contribution in [-0.4, -0.2) is 52.8 Å². The molecule has 0 radical (unpaired) electrons. The van der Waals surface area contributed by atoms with Gasteiger partial charge in [-0.1, -0.05) is 23.7 Å². The highest BCUT2D eigenvalue weighted by atomic mass is 35.5. The molecule has 8 nitrogen and oxygen atoms in total. The lowest BCUT2D eigenvalue weighted by Crippen LogP contribution is -2.43. The maximum absolute atomic E-state index is 14.9. The first kappa shape index (κ1) is 21.6. The summed E-state index contributed by atoms with van der Waals surface area (Å²) in [6, 6.07) is 2.35. The number of benzene rings is 1. The minimum absolute atomic E-state index is 0.0328. The van der Waals surface area contributed by atoms with E-state index >= 15 is 0 Å². The van der Waals surface area contributed by atoms with Gasteiger partial charge >= 0.3 is 17.8 Å². The van der Waals surface area contributed by atoms with Gasteiger partial charge in [0.2, 0.25) is 5.60 Å². The zero-order valence-electron chi connectivity index (χ0n) is 16.8. The minimum atomic E-state index is -1.24. The highest BCUT2D eigenvalue weighted by molar-refractivity contribution is 7.80. The molecular weight excluding hydrogens is 449 g/mol. The van der Waals surface area contributed by atoms with Crippen molar-refractivity contribution in [3.05, 3.63) is 28.5 Å². The van der Waals surface area contributed by atoms with Crippen molar-refractivity contribution in [3.63, 3.8) is 0 Å². The first-order valence-electron chi connectivity index (χ1n) is 9.80. The number of esters is 1. The van der Waals surface area contributed by atoms with Gasteiger partial charge in [-0.25, -0.2) is 14.1 Å². The van der Waals surface area contributed by atoms with Crippen molar-refractivity contribution in [2.45, 2.75) is 38.2 Å². The van der Waals surface area contributed by atoms with Crippen LogP contribution in [0.2, 0.25) is 5.02 Å². The average Bonchev–Trinajstić information content (AvgIpc) is 3.37. The molecule has 1 aromatic carbocycles. The Bertz CT molecular complexity index is 1050. The number of thiocarbonyl (C=S) groups is 1. The molecule has 2 unspecified atom stereocenters. The van der Waals surface area contributed by atoms with E-state index < -0.39 is 35.1 Å². The highest BCUT2D eigenvalue weighted by Crippen LogP contribution is 2.47. The number of halogens is 2. The molecule has 3 aliphatic rings. The number of ether oxygens (including phenoxy) is 1. The van der Waals surface area contributed by atoms with Gasteiger partial charge < -0.3 is 9.57 Å². The molecule has 0 spiro atoms. The normalized spacial score (nSPS) is 25.1. The van der Waals surface area contributed by atoms with Gasteiger partial charge in [-0.3, -0.25) is 14.5 Å². The summed E-state index contributed by atoms with van der Waals surface area (Å²) in [5, 5.41) is 4.02. The second kappa shape index (κ2) is 7.83. The summed E-state index contributed by atoms with van der Waals surface area (Å²) in [4.78, 5) is 44.8. The first-order chi connectivity index (χ1) is 14.8. The van der Waals surface area contributed by atoms with Gasteiger partial charge in [-0.15, -0.1) is 0 Å². The molecule has 2 aliphatic heterocycles. The van der Waals surface area contributed by atoms with E-state index in [1.165, 1.54) is 13.2 Å². The number of anilines is 1. The second-order valence-electron chi connectivity index (χ2n) is 7.56. The summed E-state index contributed by atoms with van der Waals surface area (Å²) in [5.74, 6) is -3.55. The molecule has 0 N–H and O–H groups in total. The van der Waals surface area contributed by atoms with Gasteiger partial charge in [0.25, 0.3) is 0 Å². The predicted molar refractivity (Wildman–Crippen MR) is 113 cm³/mol. The molecule has 1 saturated heterocycles. The fraction of sp³-hybridized carbons (Fsp3) is 0.450. The lowest BCUT2D eigenvalue weighted by atomic mass is 9.84. The monoisotopic (exact) mass is 467 g/mol. The smallest absolute Gasteiger partial charge is 0.353 e. The maximum Gasteiger partial charge on any atom is 0.353 e. The Morgan fingerprint density at radius 2 is 2.16 bits per heavy atom. The average molecular weight is 468 g/mol. The third-order valence-electron chi connectivity index (χ3n) is 5.83. The Labute approximate surface area is 187 Å². The van der Waals surface area contributed by atoms with E-state index in [1.807, 2.05) is 6.92 Å². The zero-order chi connectivity index (χ0) is 22.5. The number of fused-ring (bicyclic) bond motifs is 1. The summed E-state index contributed by atoms with van der Waals surface area (Å²) in [6.07, 6.45) is 2.31. The first-order valence-corrected chi connectivity index (χ1v) is 10.6. The molecule has 1 aromatic rings. The van der Waals surface area contributed by atoms with Crippen LogP contribution in [0.3, 0.4) is 0 Å². The molecule has 2 atom stereocenters.